The number of anilines is 1. The van der Waals surface area contributed by atoms with E-state index >= 15 is 0 Å². The van der Waals surface area contributed by atoms with E-state index in [9.17, 15) is 9.59 Å². The first-order chi connectivity index (χ1) is 15.8. The number of carbonyl (C=O) groups is 2. The van der Waals surface area contributed by atoms with Crippen molar-refractivity contribution in [2.45, 2.75) is 13.8 Å². The molecule has 1 saturated heterocycles. The van der Waals surface area contributed by atoms with Crippen LogP contribution in [-0.4, -0.2) is 35.7 Å². The van der Waals surface area contributed by atoms with E-state index in [0.717, 1.165) is 28.4 Å². The Hall–Kier alpha value is -3.91. The Bertz CT molecular complexity index is 1290. The van der Waals surface area contributed by atoms with Crippen LogP contribution in [0.2, 0.25) is 0 Å². The monoisotopic (exact) mass is 461 g/mol. The summed E-state index contributed by atoms with van der Waals surface area (Å²) >= 11 is 5.28. The molecule has 2 amide bonds. The van der Waals surface area contributed by atoms with Gasteiger partial charge in [-0.05, 0) is 80.2 Å². The molecule has 3 aromatic rings. The van der Waals surface area contributed by atoms with Crippen molar-refractivity contribution in [1.82, 2.24) is 9.88 Å². The maximum absolute atomic E-state index is 13.3. The van der Waals surface area contributed by atoms with E-state index in [2.05, 4.69) is 5.32 Å². The van der Waals surface area contributed by atoms with E-state index in [1.165, 1.54) is 4.90 Å². The lowest BCUT2D eigenvalue weighted by molar-refractivity contribution is -0.122. The van der Waals surface area contributed by atoms with E-state index in [0.29, 0.717) is 11.4 Å². The molecule has 2 aromatic carbocycles. The molecule has 2 heterocycles. The van der Waals surface area contributed by atoms with Gasteiger partial charge < -0.3 is 14.0 Å². The number of aryl methyl sites for hydroxylation is 1. The molecular formula is C25H23N3O4S. The fraction of sp³-hybridized carbons (Fsp3) is 0.160. The summed E-state index contributed by atoms with van der Waals surface area (Å²) in [5.74, 6) is 0.380. The summed E-state index contributed by atoms with van der Waals surface area (Å²) in [5, 5.41) is 2.66. The average Bonchev–Trinajstić information content (AvgIpc) is 3.09. The zero-order valence-electron chi connectivity index (χ0n) is 18.7. The maximum atomic E-state index is 13.3. The average molecular weight is 462 g/mol. The highest BCUT2D eigenvalue weighted by Crippen LogP contribution is 2.28. The van der Waals surface area contributed by atoms with Crippen LogP contribution < -0.4 is 19.7 Å². The van der Waals surface area contributed by atoms with Crippen molar-refractivity contribution in [3.05, 3.63) is 77.1 Å². The Morgan fingerprint density at radius 3 is 2.27 bits per heavy atom. The molecule has 0 unspecified atom stereocenters. The number of nitrogens with one attached hydrogen (secondary N) is 1. The van der Waals surface area contributed by atoms with Crippen molar-refractivity contribution >= 4 is 40.9 Å². The van der Waals surface area contributed by atoms with Crippen LogP contribution in [0.5, 0.6) is 11.5 Å². The number of ether oxygens (including phenoxy) is 2. The van der Waals surface area contributed by atoms with Crippen LogP contribution in [0.1, 0.15) is 17.0 Å². The SMILES string of the molecule is COc1ccc(N2C(=O)/C(=C\c3cc(C)n(-c4cccc(OC)c4)c3C)C(=O)NC2=S)cc1. The molecule has 1 fully saturated rings. The molecule has 168 valence electrons. The minimum Gasteiger partial charge on any atom is -0.497 e. The van der Waals surface area contributed by atoms with Gasteiger partial charge in [-0.2, -0.15) is 0 Å². The van der Waals surface area contributed by atoms with E-state index < -0.39 is 11.8 Å². The van der Waals surface area contributed by atoms with Crippen molar-refractivity contribution in [2.24, 2.45) is 0 Å². The fourth-order valence-electron chi connectivity index (χ4n) is 3.86. The first-order valence-corrected chi connectivity index (χ1v) is 10.6. The van der Waals surface area contributed by atoms with Gasteiger partial charge in [-0.1, -0.05) is 6.07 Å². The molecule has 0 saturated carbocycles. The van der Waals surface area contributed by atoms with Gasteiger partial charge in [-0.3, -0.25) is 19.8 Å². The number of hydrogen-bond acceptors (Lipinski definition) is 5. The molecule has 33 heavy (non-hydrogen) atoms. The number of rotatable bonds is 5. The molecule has 1 aliphatic heterocycles. The molecule has 1 aromatic heterocycles. The van der Waals surface area contributed by atoms with Gasteiger partial charge in [0.2, 0.25) is 0 Å². The van der Waals surface area contributed by atoms with Gasteiger partial charge in [0.05, 0.1) is 19.9 Å². The van der Waals surface area contributed by atoms with Crippen molar-refractivity contribution in [2.75, 3.05) is 19.1 Å². The molecule has 1 N–H and O–H groups in total. The lowest BCUT2D eigenvalue weighted by Crippen LogP contribution is -2.54. The third kappa shape index (κ3) is 4.12. The largest absolute Gasteiger partial charge is 0.497 e. The van der Waals surface area contributed by atoms with Crippen LogP contribution in [0.25, 0.3) is 11.8 Å². The molecule has 0 radical (unpaired) electrons. The molecule has 7 nitrogen and oxygen atoms in total. The van der Waals surface area contributed by atoms with E-state index in [-0.39, 0.29) is 10.7 Å². The number of thiocarbonyl (C=S) groups is 1. The van der Waals surface area contributed by atoms with Crippen molar-refractivity contribution in [1.29, 1.82) is 0 Å². The normalized spacial score (nSPS) is 15.1. The summed E-state index contributed by atoms with van der Waals surface area (Å²) in [5.41, 5.74) is 4.08. The van der Waals surface area contributed by atoms with Gasteiger partial charge >= 0.3 is 0 Å². The minimum absolute atomic E-state index is 0.00492. The van der Waals surface area contributed by atoms with Crippen molar-refractivity contribution < 1.29 is 19.1 Å². The second-order valence-electron chi connectivity index (χ2n) is 7.52. The summed E-state index contributed by atoms with van der Waals surface area (Å²) in [6.07, 6.45) is 1.61. The Morgan fingerprint density at radius 2 is 1.61 bits per heavy atom. The quantitative estimate of drug-likeness (QED) is 0.354. The van der Waals surface area contributed by atoms with Gasteiger partial charge in [0.25, 0.3) is 11.8 Å². The molecule has 8 heteroatoms. The summed E-state index contributed by atoms with van der Waals surface area (Å²) in [4.78, 5) is 27.3. The fourth-order valence-corrected chi connectivity index (χ4v) is 4.14. The van der Waals surface area contributed by atoms with E-state index in [1.807, 2.05) is 48.7 Å². The number of methoxy groups -OCH3 is 2. The number of carbonyl (C=O) groups excluding carboxylic acids is 2. The van der Waals surface area contributed by atoms with Crippen molar-refractivity contribution in [3.63, 3.8) is 0 Å². The highest BCUT2D eigenvalue weighted by Gasteiger charge is 2.34. The van der Waals surface area contributed by atoms with Crippen LogP contribution in [0.15, 0.2) is 60.2 Å². The maximum Gasteiger partial charge on any atom is 0.270 e. The lowest BCUT2D eigenvalue weighted by atomic mass is 10.1. The lowest BCUT2D eigenvalue weighted by Gasteiger charge is -2.29. The molecular weight excluding hydrogens is 438 g/mol. The topological polar surface area (TPSA) is 72.8 Å². The molecule has 0 spiro atoms. The number of benzene rings is 2. The van der Waals surface area contributed by atoms with E-state index in [1.54, 1.807) is 44.6 Å². The van der Waals surface area contributed by atoms with E-state index in [4.69, 9.17) is 21.7 Å². The van der Waals surface area contributed by atoms with Crippen LogP contribution >= 0.6 is 12.2 Å². The van der Waals surface area contributed by atoms with Crippen LogP contribution in [-0.2, 0) is 9.59 Å². The standard InChI is InChI=1S/C25H23N3O4S/c1-15-12-17(16(2)27(15)19-6-5-7-21(14-19)32-4)13-22-23(29)26-25(33)28(24(22)30)18-8-10-20(31-3)11-9-18/h5-14H,1-4H3,(H,26,29,33)/b22-13-. The summed E-state index contributed by atoms with van der Waals surface area (Å²) in [7, 11) is 3.19. The number of aromatic nitrogens is 1. The van der Waals surface area contributed by atoms with Gasteiger partial charge in [0.15, 0.2) is 5.11 Å². The van der Waals surface area contributed by atoms with Gasteiger partial charge in [-0.25, -0.2) is 0 Å². The molecule has 0 bridgehead atoms. The highest BCUT2D eigenvalue weighted by atomic mass is 32.1. The van der Waals surface area contributed by atoms with Crippen molar-refractivity contribution in [3.8, 4) is 17.2 Å². The van der Waals surface area contributed by atoms with Crippen LogP contribution in [0.3, 0.4) is 0 Å². The predicted molar refractivity (Wildman–Crippen MR) is 131 cm³/mol. The smallest absolute Gasteiger partial charge is 0.270 e. The van der Waals surface area contributed by atoms with Gasteiger partial charge in [0.1, 0.15) is 17.1 Å². The number of nitrogens with zero attached hydrogens (tertiary/aromatic N) is 2. The Kier molecular flexibility index (Phi) is 6.02. The summed E-state index contributed by atoms with van der Waals surface area (Å²) < 4.78 is 12.6. The third-order valence-electron chi connectivity index (χ3n) is 5.51. The second kappa shape index (κ2) is 8.91. The Morgan fingerprint density at radius 1 is 0.909 bits per heavy atom. The molecule has 4 rings (SSSR count). The zero-order chi connectivity index (χ0) is 23.7. The first-order valence-electron chi connectivity index (χ1n) is 10.2. The van der Waals surface area contributed by atoms with Gasteiger partial charge in [-0.15, -0.1) is 0 Å². The molecule has 0 atom stereocenters. The number of hydrogen-bond donors (Lipinski definition) is 1. The molecule has 1 aliphatic rings. The van der Waals surface area contributed by atoms with Gasteiger partial charge in [0, 0.05) is 23.1 Å². The van der Waals surface area contributed by atoms with Crippen LogP contribution in [0, 0.1) is 13.8 Å². The summed E-state index contributed by atoms with van der Waals surface area (Å²) in [6.45, 7) is 3.91. The Balaban J connectivity index is 1.74. The Labute approximate surface area is 197 Å². The highest BCUT2D eigenvalue weighted by molar-refractivity contribution is 7.80. The zero-order valence-corrected chi connectivity index (χ0v) is 19.5. The van der Waals surface area contributed by atoms with Crippen LogP contribution in [0.4, 0.5) is 5.69 Å². The molecule has 0 aliphatic carbocycles. The third-order valence-corrected chi connectivity index (χ3v) is 5.80. The predicted octanol–water partition coefficient (Wildman–Crippen LogP) is 3.94. The number of amides is 2. The minimum atomic E-state index is -0.527. The second-order valence-corrected chi connectivity index (χ2v) is 7.91. The first kappa shape index (κ1) is 22.3. The summed E-state index contributed by atoms with van der Waals surface area (Å²) in [6, 6.07) is 16.5.